The molecule has 1 N–H and O–H groups in total. The number of nitrogens with one attached hydrogen (secondary N) is 1. The zero-order valence-corrected chi connectivity index (χ0v) is 9.57. The minimum atomic E-state index is -2.85. The van der Waals surface area contributed by atoms with E-state index in [1.165, 1.54) is 0 Å². The van der Waals surface area contributed by atoms with Crippen molar-refractivity contribution in [3.8, 4) is 0 Å². The van der Waals surface area contributed by atoms with Crippen LogP contribution in [-0.2, 0) is 16.4 Å². The van der Waals surface area contributed by atoms with Gasteiger partial charge in [0.1, 0.15) is 0 Å². The van der Waals surface area contributed by atoms with Crippen molar-refractivity contribution in [1.29, 1.82) is 0 Å². The first-order chi connectivity index (χ1) is 7.14. The second-order valence-electron chi connectivity index (χ2n) is 3.15. The molecule has 1 heterocycles. The van der Waals surface area contributed by atoms with E-state index in [1.54, 1.807) is 24.0 Å². The first-order valence-corrected chi connectivity index (χ1v) is 6.71. The van der Waals surface area contributed by atoms with Gasteiger partial charge in [0.25, 0.3) is 0 Å². The van der Waals surface area contributed by atoms with Crippen molar-refractivity contribution in [3.63, 3.8) is 0 Å². The normalized spacial score (nSPS) is 11.8. The third-order valence-electron chi connectivity index (χ3n) is 2.02. The highest BCUT2D eigenvalue weighted by Gasteiger charge is 2.05. The van der Waals surface area contributed by atoms with Crippen LogP contribution in [0.25, 0.3) is 0 Å². The minimum Gasteiger partial charge on any atom is -0.314 e. The van der Waals surface area contributed by atoms with E-state index < -0.39 is 9.84 Å². The Hall–Kier alpha value is -0.950. The van der Waals surface area contributed by atoms with Crippen LogP contribution in [0, 0.1) is 0 Å². The topological polar surface area (TPSA) is 76.9 Å². The Morgan fingerprint density at radius 3 is 2.80 bits per heavy atom. The first-order valence-electron chi connectivity index (χ1n) is 4.89. The molecule has 0 saturated heterocycles. The molecule has 0 bridgehead atoms. The lowest BCUT2D eigenvalue weighted by Crippen LogP contribution is -2.27. The Labute approximate surface area is 89.6 Å². The van der Waals surface area contributed by atoms with Crippen LogP contribution in [-0.4, -0.2) is 48.0 Å². The van der Waals surface area contributed by atoms with E-state index in [1.807, 2.05) is 0 Å². The van der Waals surface area contributed by atoms with Gasteiger partial charge in [0.15, 0.2) is 9.84 Å². The molecule has 0 saturated carbocycles. The Bertz CT molecular complexity index is 360. The van der Waals surface area contributed by atoms with Gasteiger partial charge in [-0.25, -0.2) is 8.42 Å². The average molecular weight is 232 g/mol. The molecule has 1 aromatic heterocycles. The van der Waals surface area contributed by atoms with E-state index in [-0.39, 0.29) is 11.5 Å². The zero-order valence-electron chi connectivity index (χ0n) is 8.76. The number of aromatic nitrogens is 3. The van der Waals surface area contributed by atoms with E-state index in [9.17, 15) is 8.42 Å². The van der Waals surface area contributed by atoms with Crippen LogP contribution in [0.1, 0.15) is 6.92 Å². The van der Waals surface area contributed by atoms with E-state index in [0.29, 0.717) is 19.6 Å². The predicted octanol–water partition coefficient (Wildman–Crippen LogP) is -0.698. The maximum Gasteiger partial charge on any atom is 0.151 e. The summed E-state index contributed by atoms with van der Waals surface area (Å²) >= 11 is 0. The van der Waals surface area contributed by atoms with Gasteiger partial charge in [-0.1, -0.05) is 12.1 Å². The average Bonchev–Trinajstić information content (AvgIpc) is 2.70. The minimum absolute atomic E-state index is 0.195. The summed E-state index contributed by atoms with van der Waals surface area (Å²) in [6, 6.07) is 0. The molecular formula is C8H16N4O2S. The van der Waals surface area contributed by atoms with E-state index >= 15 is 0 Å². The van der Waals surface area contributed by atoms with Crippen LogP contribution in [0.15, 0.2) is 12.4 Å². The molecule has 0 aliphatic rings. The summed E-state index contributed by atoms with van der Waals surface area (Å²) in [5.41, 5.74) is 0. The molecule has 0 spiro atoms. The highest BCUT2D eigenvalue weighted by Crippen LogP contribution is 1.87. The highest BCUT2D eigenvalue weighted by atomic mass is 32.2. The smallest absolute Gasteiger partial charge is 0.151 e. The molecule has 7 heteroatoms. The van der Waals surface area contributed by atoms with Crippen molar-refractivity contribution in [2.75, 3.05) is 24.6 Å². The summed E-state index contributed by atoms with van der Waals surface area (Å²) in [6.45, 7) is 3.55. The van der Waals surface area contributed by atoms with Gasteiger partial charge in [0, 0.05) is 25.0 Å². The zero-order chi connectivity index (χ0) is 11.1. The monoisotopic (exact) mass is 232 g/mol. The van der Waals surface area contributed by atoms with Crippen LogP contribution in [0.3, 0.4) is 0 Å². The van der Waals surface area contributed by atoms with Crippen molar-refractivity contribution in [3.05, 3.63) is 12.4 Å². The van der Waals surface area contributed by atoms with Gasteiger partial charge in [-0.2, -0.15) is 0 Å². The van der Waals surface area contributed by atoms with Crippen molar-refractivity contribution < 1.29 is 8.42 Å². The van der Waals surface area contributed by atoms with Crippen LogP contribution < -0.4 is 5.32 Å². The van der Waals surface area contributed by atoms with Crippen molar-refractivity contribution in [2.45, 2.75) is 13.5 Å². The molecule has 1 aromatic rings. The number of nitrogens with zero attached hydrogens (tertiary/aromatic N) is 3. The maximum atomic E-state index is 11.1. The third kappa shape index (κ3) is 4.89. The summed E-state index contributed by atoms with van der Waals surface area (Å²) in [7, 11) is -2.85. The van der Waals surface area contributed by atoms with Gasteiger partial charge >= 0.3 is 0 Å². The molecule has 0 radical (unpaired) electrons. The van der Waals surface area contributed by atoms with E-state index in [2.05, 4.69) is 15.6 Å². The fourth-order valence-electron chi connectivity index (χ4n) is 1.04. The molecule has 0 aliphatic heterocycles. The molecule has 0 atom stereocenters. The van der Waals surface area contributed by atoms with Crippen molar-refractivity contribution in [1.82, 2.24) is 20.3 Å². The molecular weight excluding hydrogens is 216 g/mol. The summed E-state index contributed by atoms with van der Waals surface area (Å²) in [6.07, 6.45) is 3.38. The lowest BCUT2D eigenvalue weighted by molar-refractivity contribution is 0.545. The molecule has 0 fully saturated rings. The second-order valence-corrected chi connectivity index (χ2v) is 5.63. The number of hydrogen-bond donors (Lipinski definition) is 1. The van der Waals surface area contributed by atoms with E-state index in [4.69, 9.17) is 0 Å². The van der Waals surface area contributed by atoms with Crippen molar-refractivity contribution >= 4 is 9.84 Å². The Kier molecular flexibility index (Phi) is 4.70. The summed E-state index contributed by atoms with van der Waals surface area (Å²) in [4.78, 5) is 0. The number of hydrogen-bond acceptors (Lipinski definition) is 5. The molecule has 6 nitrogen and oxygen atoms in total. The fraction of sp³-hybridized carbons (Fsp3) is 0.750. The van der Waals surface area contributed by atoms with Crippen molar-refractivity contribution in [2.24, 2.45) is 0 Å². The molecule has 15 heavy (non-hydrogen) atoms. The van der Waals surface area contributed by atoms with Gasteiger partial charge in [-0.3, -0.25) is 4.68 Å². The fourth-order valence-corrected chi connectivity index (χ4v) is 1.79. The quantitative estimate of drug-likeness (QED) is 0.629. The third-order valence-corrected chi connectivity index (χ3v) is 3.73. The summed E-state index contributed by atoms with van der Waals surface area (Å²) < 4.78 is 23.9. The SMILES string of the molecule is CCS(=O)(=O)CCNCCn1ccnn1. The Morgan fingerprint density at radius 1 is 1.40 bits per heavy atom. The second kappa shape index (κ2) is 5.82. The van der Waals surface area contributed by atoms with Gasteiger partial charge in [-0.05, 0) is 0 Å². The standard InChI is InChI=1S/C8H16N4O2S/c1-2-15(13,14)8-5-9-3-6-12-7-4-10-11-12/h4,7,9H,2-3,5-6,8H2,1H3. The van der Waals surface area contributed by atoms with Crippen LogP contribution in [0.2, 0.25) is 0 Å². The molecule has 0 unspecified atom stereocenters. The first kappa shape index (κ1) is 12.1. The van der Waals surface area contributed by atoms with Crippen LogP contribution in [0.5, 0.6) is 0 Å². The van der Waals surface area contributed by atoms with Gasteiger partial charge in [0.05, 0.1) is 18.5 Å². The van der Waals surface area contributed by atoms with Gasteiger partial charge < -0.3 is 5.32 Å². The molecule has 86 valence electrons. The van der Waals surface area contributed by atoms with E-state index in [0.717, 1.165) is 0 Å². The molecule has 0 amide bonds. The van der Waals surface area contributed by atoms with Gasteiger partial charge in [0.2, 0.25) is 0 Å². The summed E-state index contributed by atoms with van der Waals surface area (Å²) in [5, 5.41) is 10.5. The number of sulfone groups is 1. The van der Waals surface area contributed by atoms with Gasteiger partial charge in [-0.15, -0.1) is 5.10 Å². The molecule has 1 rings (SSSR count). The lowest BCUT2D eigenvalue weighted by atomic mass is 10.6. The predicted molar refractivity (Wildman–Crippen MR) is 57.2 cm³/mol. The van der Waals surface area contributed by atoms with Crippen LogP contribution in [0.4, 0.5) is 0 Å². The number of rotatable bonds is 7. The largest absolute Gasteiger partial charge is 0.314 e. The summed E-state index contributed by atoms with van der Waals surface area (Å²) in [5.74, 6) is 0.401. The molecule has 0 aliphatic carbocycles. The Balaban J connectivity index is 2.08. The molecule has 0 aromatic carbocycles. The lowest BCUT2D eigenvalue weighted by Gasteiger charge is -2.04. The van der Waals surface area contributed by atoms with Crippen LogP contribution >= 0.6 is 0 Å². The highest BCUT2D eigenvalue weighted by molar-refractivity contribution is 7.91. The maximum absolute atomic E-state index is 11.1. The Morgan fingerprint density at radius 2 is 2.20 bits per heavy atom.